The maximum absolute atomic E-state index is 11.0. The molecule has 1 heteroatoms. The molecule has 1 aromatic rings. The molecular weight excluding hydrogens is 220 g/mol. The molecule has 1 N–H and O–H groups in total. The number of benzene rings is 1. The van der Waals surface area contributed by atoms with Gasteiger partial charge in [0.2, 0.25) is 0 Å². The van der Waals surface area contributed by atoms with E-state index in [4.69, 9.17) is 0 Å². The summed E-state index contributed by atoms with van der Waals surface area (Å²) in [6, 6.07) is 9.93. The molecule has 0 heterocycles. The van der Waals surface area contributed by atoms with Crippen molar-refractivity contribution in [2.45, 2.75) is 31.8 Å². The Balaban J connectivity index is 2.40. The van der Waals surface area contributed by atoms with Crippen LogP contribution >= 0.6 is 0 Å². The number of hydrogen-bond acceptors (Lipinski definition) is 1. The molecule has 0 aliphatic heterocycles. The Morgan fingerprint density at radius 3 is 2.61 bits per heavy atom. The van der Waals surface area contributed by atoms with Crippen molar-refractivity contribution >= 4 is 0 Å². The first-order valence-corrected chi connectivity index (χ1v) is 6.56. The lowest BCUT2D eigenvalue weighted by atomic mass is 9.81. The normalized spacial score (nSPS) is 25.1. The highest BCUT2D eigenvalue weighted by Gasteiger charge is 2.30. The molecule has 0 spiro atoms. The predicted octanol–water partition coefficient (Wildman–Crippen LogP) is 4.12. The quantitative estimate of drug-likeness (QED) is 0.788. The predicted molar refractivity (Wildman–Crippen MR) is 76.2 cm³/mol. The fourth-order valence-corrected chi connectivity index (χ4v) is 2.35. The minimum absolute atomic E-state index is 0.685. The summed E-state index contributed by atoms with van der Waals surface area (Å²) in [5.41, 5.74) is 1.18. The molecule has 0 saturated carbocycles. The van der Waals surface area contributed by atoms with Gasteiger partial charge in [0.15, 0.2) is 0 Å². The Morgan fingerprint density at radius 1 is 1.11 bits per heavy atom. The van der Waals surface area contributed by atoms with Gasteiger partial charge in [0.25, 0.3) is 0 Å². The van der Waals surface area contributed by atoms with Crippen molar-refractivity contribution in [1.29, 1.82) is 0 Å². The van der Waals surface area contributed by atoms with E-state index in [-0.39, 0.29) is 0 Å². The lowest BCUT2D eigenvalue weighted by Gasteiger charge is -2.30. The van der Waals surface area contributed by atoms with Gasteiger partial charge in [-0.2, -0.15) is 0 Å². The number of allylic oxidation sites excluding steroid dienone is 5. The standard InChI is InChI=1S/C17H20O/c1-2-17(18,16-13-9-6-10-14-16)15-11-7-4-3-5-8-12-15/h4-11,13-14,18H,2-3,12H2,1H3/b7-4-,8-5-,15-11+. The number of rotatable bonds is 3. The lowest BCUT2D eigenvalue weighted by Crippen LogP contribution is -2.27. The molecular formula is C17H20O. The molecule has 1 aliphatic carbocycles. The van der Waals surface area contributed by atoms with E-state index in [1.807, 2.05) is 43.3 Å². The Bertz CT molecular complexity index is 468. The van der Waals surface area contributed by atoms with Gasteiger partial charge >= 0.3 is 0 Å². The highest BCUT2D eigenvalue weighted by molar-refractivity contribution is 5.36. The third kappa shape index (κ3) is 2.62. The molecule has 0 aromatic heterocycles. The second-order valence-electron chi connectivity index (χ2n) is 4.61. The van der Waals surface area contributed by atoms with E-state index in [0.29, 0.717) is 6.42 Å². The molecule has 0 saturated heterocycles. The average Bonchev–Trinajstić information content (AvgIpc) is 2.38. The van der Waals surface area contributed by atoms with Gasteiger partial charge in [-0.3, -0.25) is 0 Å². The van der Waals surface area contributed by atoms with Gasteiger partial charge in [-0.05, 0) is 30.4 Å². The third-order valence-electron chi connectivity index (χ3n) is 3.50. The highest BCUT2D eigenvalue weighted by atomic mass is 16.3. The summed E-state index contributed by atoms with van der Waals surface area (Å²) in [7, 11) is 0. The first-order valence-electron chi connectivity index (χ1n) is 6.56. The summed E-state index contributed by atoms with van der Waals surface area (Å²) in [5.74, 6) is 0. The second kappa shape index (κ2) is 5.83. The Labute approximate surface area is 109 Å². The van der Waals surface area contributed by atoms with Crippen LogP contribution < -0.4 is 0 Å². The molecule has 1 nitrogen and oxygen atoms in total. The van der Waals surface area contributed by atoms with Crippen LogP contribution in [0, 0.1) is 0 Å². The summed E-state index contributed by atoms with van der Waals surface area (Å²) in [6.07, 6.45) is 13.0. The fourth-order valence-electron chi connectivity index (χ4n) is 2.35. The number of aliphatic hydroxyl groups is 1. The fraction of sp³-hybridized carbons (Fsp3) is 0.294. The summed E-state index contributed by atoms with van der Waals surface area (Å²) >= 11 is 0. The molecule has 1 aromatic carbocycles. The third-order valence-corrected chi connectivity index (χ3v) is 3.50. The zero-order chi connectivity index (χ0) is 12.8. The van der Waals surface area contributed by atoms with E-state index >= 15 is 0 Å². The largest absolute Gasteiger partial charge is 0.381 e. The van der Waals surface area contributed by atoms with E-state index in [1.54, 1.807) is 0 Å². The molecule has 0 bridgehead atoms. The van der Waals surface area contributed by atoms with Crippen LogP contribution in [0.25, 0.3) is 0 Å². The Kier molecular flexibility index (Phi) is 4.16. The molecule has 1 aliphatic rings. The monoisotopic (exact) mass is 240 g/mol. The van der Waals surface area contributed by atoms with Crippen molar-refractivity contribution in [3.8, 4) is 0 Å². The van der Waals surface area contributed by atoms with Crippen LogP contribution in [0.3, 0.4) is 0 Å². The van der Waals surface area contributed by atoms with Crippen molar-refractivity contribution in [1.82, 2.24) is 0 Å². The van der Waals surface area contributed by atoms with Gasteiger partial charge < -0.3 is 5.11 Å². The Morgan fingerprint density at radius 2 is 1.89 bits per heavy atom. The van der Waals surface area contributed by atoms with Gasteiger partial charge in [0, 0.05) is 0 Å². The SMILES string of the molecule is CCC(O)(/C1=C/C=C\C/C=C\C1)c1ccccc1. The maximum atomic E-state index is 11.0. The topological polar surface area (TPSA) is 20.2 Å². The zero-order valence-electron chi connectivity index (χ0n) is 10.8. The minimum Gasteiger partial charge on any atom is -0.381 e. The molecule has 0 amide bonds. The molecule has 0 radical (unpaired) electrons. The Hall–Kier alpha value is -1.60. The van der Waals surface area contributed by atoms with Crippen LogP contribution in [-0.4, -0.2) is 5.11 Å². The molecule has 0 fully saturated rings. The molecule has 2 rings (SSSR count). The molecule has 1 unspecified atom stereocenters. The molecule has 18 heavy (non-hydrogen) atoms. The van der Waals surface area contributed by atoms with Gasteiger partial charge in [-0.25, -0.2) is 0 Å². The molecule has 1 atom stereocenters. The molecule has 94 valence electrons. The number of hydrogen-bond donors (Lipinski definition) is 1. The van der Waals surface area contributed by atoms with E-state index in [2.05, 4.69) is 24.3 Å². The van der Waals surface area contributed by atoms with Gasteiger partial charge in [0.1, 0.15) is 5.60 Å². The van der Waals surface area contributed by atoms with Gasteiger partial charge in [-0.15, -0.1) is 0 Å². The summed E-state index contributed by atoms with van der Waals surface area (Å²) < 4.78 is 0. The van der Waals surface area contributed by atoms with Gasteiger partial charge in [0.05, 0.1) is 0 Å². The van der Waals surface area contributed by atoms with Crippen molar-refractivity contribution < 1.29 is 5.11 Å². The minimum atomic E-state index is -0.854. The summed E-state index contributed by atoms with van der Waals surface area (Å²) in [6.45, 7) is 2.03. The van der Waals surface area contributed by atoms with E-state index in [0.717, 1.165) is 24.0 Å². The van der Waals surface area contributed by atoms with Crippen molar-refractivity contribution in [2.24, 2.45) is 0 Å². The van der Waals surface area contributed by atoms with E-state index in [1.165, 1.54) is 0 Å². The van der Waals surface area contributed by atoms with Crippen LogP contribution in [0.1, 0.15) is 31.7 Å². The van der Waals surface area contributed by atoms with Crippen molar-refractivity contribution in [2.75, 3.05) is 0 Å². The summed E-state index contributed by atoms with van der Waals surface area (Å²) in [5, 5.41) is 11.0. The van der Waals surface area contributed by atoms with Crippen LogP contribution in [-0.2, 0) is 5.60 Å². The van der Waals surface area contributed by atoms with Gasteiger partial charge in [-0.1, -0.05) is 67.6 Å². The zero-order valence-corrected chi connectivity index (χ0v) is 10.8. The second-order valence-corrected chi connectivity index (χ2v) is 4.61. The first-order chi connectivity index (χ1) is 8.77. The van der Waals surface area contributed by atoms with Crippen LogP contribution in [0.2, 0.25) is 0 Å². The van der Waals surface area contributed by atoms with Crippen LogP contribution in [0.5, 0.6) is 0 Å². The van der Waals surface area contributed by atoms with Crippen molar-refractivity contribution in [3.63, 3.8) is 0 Å². The summed E-state index contributed by atoms with van der Waals surface area (Å²) in [4.78, 5) is 0. The van der Waals surface area contributed by atoms with E-state index in [9.17, 15) is 5.11 Å². The van der Waals surface area contributed by atoms with Crippen LogP contribution in [0.4, 0.5) is 0 Å². The van der Waals surface area contributed by atoms with Crippen LogP contribution in [0.15, 0.2) is 66.3 Å². The van der Waals surface area contributed by atoms with Crippen molar-refractivity contribution in [3.05, 3.63) is 71.8 Å². The first kappa shape index (κ1) is 12.8. The maximum Gasteiger partial charge on any atom is 0.111 e. The smallest absolute Gasteiger partial charge is 0.111 e. The van der Waals surface area contributed by atoms with E-state index < -0.39 is 5.60 Å². The average molecular weight is 240 g/mol. The highest BCUT2D eigenvalue weighted by Crippen LogP contribution is 2.35. The lowest BCUT2D eigenvalue weighted by molar-refractivity contribution is 0.0698.